The molecule has 0 N–H and O–H groups in total. The molecule has 0 bridgehead atoms. The van der Waals surface area contributed by atoms with Crippen molar-refractivity contribution < 1.29 is 9.57 Å². The third kappa shape index (κ3) is 4.83. The van der Waals surface area contributed by atoms with Crippen LogP contribution in [0.1, 0.15) is 19.4 Å². The minimum Gasteiger partial charge on any atom is -0.479 e. The molecule has 82 valence electrons. The maximum atomic E-state index is 5.12. The number of hydrogen-bond acceptors (Lipinski definition) is 3. The number of ether oxygens (including phenoxy) is 1. The van der Waals surface area contributed by atoms with Crippen LogP contribution in [0.15, 0.2) is 33.9 Å². The summed E-state index contributed by atoms with van der Waals surface area (Å²) in [5.74, 6) is 0.551. The van der Waals surface area contributed by atoms with Crippen molar-refractivity contribution in [2.75, 3.05) is 6.61 Å². The van der Waals surface area contributed by atoms with Crippen LogP contribution in [0.5, 0.6) is 0 Å². The lowest BCUT2D eigenvalue weighted by atomic mass is 10.2. The lowest BCUT2D eigenvalue weighted by Gasteiger charge is -2.02. The summed E-state index contributed by atoms with van der Waals surface area (Å²) in [7, 11) is 0. The van der Waals surface area contributed by atoms with Gasteiger partial charge in [-0.25, -0.2) is 0 Å². The topological polar surface area (TPSA) is 30.8 Å². The fourth-order valence-corrected chi connectivity index (χ4v) is 1.28. The van der Waals surface area contributed by atoms with E-state index in [9.17, 15) is 0 Å². The van der Waals surface area contributed by atoms with E-state index in [2.05, 4.69) is 21.1 Å². The van der Waals surface area contributed by atoms with Gasteiger partial charge in [-0.1, -0.05) is 33.2 Å². The van der Waals surface area contributed by atoms with E-state index in [1.54, 1.807) is 6.92 Å². The van der Waals surface area contributed by atoms with Crippen molar-refractivity contribution in [2.24, 2.45) is 5.16 Å². The third-order valence-corrected chi connectivity index (χ3v) is 2.22. The predicted octanol–water partition coefficient (Wildman–Crippen LogP) is 3.34. The molecule has 3 nitrogen and oxygen atoms in total. The van der Waals surface area contributed by atoms with Gasteiger partial charge in [-0.15, -0.1) is 0 Å². The maximum absolute atomic E-state index is 5.12. The number of rotatable bonds is 4. The molecule has 0 saturated heterocycles. The summed E-state index contributed by atoms with van der Waals surface area (Å²) in [5.41, 5.74) is 1.08. The van der Waals surface area contributed by atoms with Crippen LogP contribution in [-0.4, -0.2) is 12.5 Å². The second-order valence-electron chi connectivity index (χ2n) is 2.94. The first-order valence-corrected chi connectivity index (χ1v) is 5.55. The second-order valence-corrected chi connectivity index (χ2v) is 3.86. The summed E-state index contributed by atoms with van der Waals surface area (Å²) in [6.07, 6.45) is 0. The molecule has 0 aromatic heterocycles. The fraction of sp³-hybridized carbons (Fsp3) is 0.364. The van der Waals surface area contributed by atoms with Crippen molar-refractivity contribution in [2.45, 2.75) is 20.5 Å². The van der Waals surface area contributed by atoms with Crippen molar-refractivity contribution in [3.8, 4) is 0 Å². The first-order valence-electron chi connectivity index (χ1n) is 4.76. The van der Waals surface area contributed by atoms with Crippen LogP contribution in [0.2, 0.25) is 0 Å². The van der Waals surface area contributed by atoms with Crippen molar-refractivity contribution in [3.63, 3.8) is 0 Å². The Morgan fingerprint density at radius 3 is 2.60 bits per heavy atom. The molecule has 0 radical (unpaired) electrons. The van der Waals surface area contributed by atoms with Crippen molar-refractivity contribution in [1.82, 2.24) is 0 Å². The number of oxime groups is 1. The van der Waals surface area contributed by atoms with E-state index >= 15 is 0 Å². The van der Waals surface area contributed by atoms with Crippen LogP contribution in [0, 0.1) is 0 Å². The van der Waals surface area contributed by atoms with Crippen molar-refractivity contribution >= 4 is 21.8 Å². The van der Waals surface area contributed by atoms with Gasteiger partial charge in [0.25, 0.3) is 0 Å². The highest BCUT2D eigenvalue weighted by Gasteiger charge is 1.94. The molecular formula is C11H14BrNO2. The van der Waals surface area contributed by atoms with Gasteiger partial charge >= 0.3 is 0 Å². The normalized spacial score (nSPS) is 11.3. The van der Waals surface area contributed by atoms with Crippen LogP contribution in [0.25, 0.3) is 0 Å². The van der Waals surface area contributed by atoms with Crippen molar-refractivity contribution in [1.29, 1.82) is 0 Å². The lowest BCUT2D eigenvalue weighted by molar-refractivity contribution is 0.119. The number of hydrogen-bond donors (Lipinski definition) is 0. The molecule has 15 heavy (non-hydrogen) atoms. The monoisotopic (exact) mass is 271 g/mol. The standard InChI is InChI=1S/C11H14BrNO2/c1-3-14-9(2)13-15-8-10-4-6-11(12)7-5-10/h4-7H,3,8H2,1-2H3. The summed E-state index contributed by atoms with van der Waals surface area (Å²) >= 11 is 3.37. The Labute approximate surface area is 98.2 Å². The van der Waals surface area contributed by atoms with Crippen LogP contribution in [0.4, 0.5) is 0 Å². The second kappa shape index (κ2) is 6.45. The highest BCUT2D eigenvalue weighted by Crippen LogP contribution is 2.11. The van der Waals surface area contributed by atoms with Gasteiger partial charge in [0, 0.05) is 11.4 Å². The van der Waals surface area contributed by atoms with E-state index in [-0.39, 0.29) is 0 Å². The molecule has 0 saturated carbocycles. The first kappa shape index (κ1) is 12.0. The van der Waals surface area contributed by atoms with Crippen LogP contribution < -0.4 is 0 Å². The molecule has 1 rings (SSSR count). The quantitative estimate of drug-likeness (QED) is 0.478. The molecule has 0 aliphatic heterocycles. The molecule has 0 fully saturated rings. The highest BCUT2D eigenvalue weighted by atomic mass is 79.9. The minimum absolute atomic E-state index is 0.456. The largest absolute Gasteiger partial charge is 0.479 e. The van der Waals surface area contributed by atoms with E-state index in [0.29, 0.717) is 19.1 Å². The lowest BCUT2D eigenvalue weighted by Crippen LogP contribution is -1.99. The molecular weight excluding hydrogens is 258 g/mol. The van der Waals surface area contributed by atoms with Gasteiger partial charge in [0.1, 0.15) is 6.61 Å². The zero-order chi connectivity index (χ0) is 11.1. The molecule has 0 aliphatic rings. The van der Waals surface area contributed by atoms with E-state index in [0.717, 1.165) is 10.0 Å². The Morgan fingerprint density at radius 1 is 1.33 bits per heavy atom. The number of nitrogens with zero attached hydrogens (tertiary/aromatic N) is 1. The van der Waals surface area contributed by atoms with Crippen LogP contribution in [-0.2, 0) is 16.2 Å². The van der Waals surface area contributed by atoms with E-state index in [1.165, 1.54) is 0 Å². The van der Waals surface area contributed by atoms with Crippen LogP contribution >= 0.6 is 15.9 Å². The predicted molar refractivity (Wildman–Crippen MR) is 63.7 cm³/mol. The minimum atomic E-state index is 0.456. The summed E-state index contributed by atoms with van der Waals surface area (Å²) < 4.78 is 6.17. The SMILES string of the molecule is CCOC(C)=NOCc1ccc(Br)cc1. The van der Waals surface area contributed by atoms with Gasteiger partial charge in [0.15, 0.2) is 0 Å². The van der Waals surface area contributed by atoms with E-state index in [1.807, 2.05) is 31.2 Å². The zero-order valence-corrected chi connectivity index (χ0v) is 10.5. The Balaban J connectivity index is 2.37. The summed E-state index contributed by atoms with van der Waals surface area (Å²) in [4.78, 5) is 5.12. The highest BCUT2D eigenvalue weighted by molar-refractivity contribution is 9.10. The number of benzene rings is 1. The summed E-state index contributed by atoms with van der Waals surface area (Å²) in [6.45, 7) is 4.74. The Kier molecular flexibility index (Phi) is 5.18. The summed E-state index contributed by atoms with van der Waals surface area (Å²) in [6, 6.07) is 7.90. The van der Waals surface area contributed by atoms with Gasteiger partial charge in [-0.3, -0.25) is 0 Å². The van der Waals surface area contributed by atoms with E-state index in [4.69, 9.17) is 9.57 Å². The van der Waals surface area contributed by atoms with Gasteiger partial charge < -0.3 is 9.57 Å². The van der Waals surface area contributed by atoms with Crippen LogP contribution in [0.3, 0.4) is 0 Å². The molecule has 1 aromatic rings. The number of halogens is 1. The Morgan fingerprint density at radius 2 is 2.00 bits per heavy atom. The van der Waals surface area contributed by atoms with Gasteiger partial charge in [-0.2, -0.15) is 0 Å². The van der Waals surface area contributed by atoms with Gasteiger partial charge in [0.05, 0.1) is 6.61 Å². The van der Waals surface area contributed by atoms with E-state index < -0.39 is 0 Å². The molecule has 1 aromatic carbocycles. The molecule has 0 unspecified atom stereocenters. The van der Waals surface area contributed by atoms with Crippen molar-refractivity contribution in [3.05, 3.63) is 34.3 Å². The Hall–Kier alpha value is -1.03. The maximum Gasteiger partial charge on any atom is 0.222 e. The van der Waals surface area contributed by atoms with Gasteiger partial charge in [-0.05, 0) is 24.6 Å². The molecule has 0 heterocycles. The molecule has 4 heteroatoms. The molecule has 0 amide bonds. The average molecular weight is 272 g/mol. The fourth-order valence-electron chi connectivity index (χ4n) is 1.01. The molecule has 0 atom stereocenters. The molecule has 0 spiro atoms. The van der Waals surface area contributed by atoms with Gasteiger partial charge in [0.2, 0.25) is 5.90 Å². The zero-order valence-electron chi connectivity index (χ0n) is 8.87. The first-order chi connectivity index (χ1) is 7.22. The summed E-state index contributed by atoms with van der Waals surface area (Å²) in [5, 5.41) is 3.81. The molecule has 0 aliphatic carbocycles. The Bertz CT molecular complexity index is 322. The smallest absolute Gasteiger partial charge is 0.222 e. The third-order valence-electron chi connectivity index (χ3n) is 1.69. The average Bonchev–Trinajstić information content (AvgIpc) is 2.21.